The first-order valence-electron chi connectivity index (χ1n) is 10.5. The second kappa shape index (κ2) is 10.3. The number of benzene rings is 1. The molecule has 2 amide bonds. The lowest BCUT2D eigenvalue weighted by molar-refractivity contribution is -0.133. The molecule has 0 N–H and O–H groups in total. The summed E-state index contributed by atoms with van der Waals surface area (Å²) < 4.78 is 2.03. The highest BCUT2D eigenvalue weighted by atomic mass is 16.2. The van der Waals surface area contributed by atoms with Crippen LogP contribution in [-0.2, 0) is 18.4 Å². The minimum atomic E-state index is -0.0870. The smallest absolute Gasteiger partial charge is 0.254 e. The van der Waals surface area contributed by atoms with E-state index in [1.807, 2.05) is 79.9 Å². The second-order valence-electron chi connectivity index (χ2n) is 8.33. The number of hydrogen-bond acceptors (Lipinski definition) is 2. The minimum Gasteiger partial charge on any atom is -0.353 e. The van der Waals surface area contributed by atoms with E-state index >= 15 is 0 Å². The first-order chi connectivity index (χ1) is 13.7. The molecular weight excluding hydrogens is 362 g/mol. The number of nitrogens with zero attached hydrogens (tertiary/aromatic N) is 3. The van der Waals surface area contributed by atoms with E-state index in [-0.39, 0.29) is 24.4 Å². The zero-order valence-electron chi connectivity index (χ0n) is 18.7. The van der Waals surface area contributed by atoms with Crippen molar-refractivity contribution < 1.29 is 9.59 Å². The molecule has 0 spiro atoms. The third-order valence-electron chi connectivity index (χ3n) is 5.33. The molecule has 1 aromatic heterocycles. The molecule has 0 saturated heterocycles. The van der Waals surface area contributed by atoms with Gasteiger partial charge in [0, 0.05) is 37.1 Å². The Labute approximate surface area is 175 Å². The summed E-state index contributed by atoms with van der Waals surface area (Å²) in [6.07, 6.45) is 2.78. The predicted octanol–water partition coefficient (Wildman–Crippen LogP) is 4.26. The molecule has 2 aromatic rings. The topological polar surface area (TPSA) is 45.6 Å². The zero-order valence-corrected chi connectivity index (χ0v) is 18.7. The van der Waals surface area contributed by atoms with E-state index in [1.165, 1.54) is 0 Å². The van der Waals surface area contributed by atoms with E-state index in [0.717, 1.165) is 17.7 Å². The monoisotopic (exact) mass is 397 g/mol. The number of carbonyl (C=O) groups is 2. The van der Waals surface area contributed by atoms with Gasteiger partial charge in [-0.25, -0.2) is 0 Å². The molecule has 0 saturated carbocycles. The largest absolute Gasteiger partial charge is 0.353 e. The third-order valence-corrected chi connectivity index (χ3v) is 5.33. The summed E-state index contributed by atoms with van der Waals surface area (Å²) in [5.41, 5.74) is 2.82. The van der Waals surface area contributed by atoms with Crippen molar-refractivity contribution in [1.82, 2.24) is 14.4 Å². The molecule has 0 fully saturated rings. The number of amides is 2. The van der Waals surface area contributed by atoms with Gasteiger partial charge in [0.1, 0.15) is 6.54 Å². The SMILES string of the molecule is CCC(C)N(CC(=O)N(Cc1cccn1C)CC(C)C)C(=O)c1ccc(C)cc1. The summed E-state index contributed by atoms with van der Waals surface area (Å²) in [5.74, 6) is 0.251. The van der Waals surface area contributed by atoms with Gasteiger partial charge in [0.25, 0.3) is 5.91 Å². The molecule has 0 radical (unpaired) electrons. The second-order valence-corrected chi connectivity index (χ2v) is 8.33. The summed E-state index contributed by atoms with van der Waals surface area (Å²) >= 11 is 0. The summed E-state index contributed by atoms with van der Waals surface area (Å²) in [6, 6.07) is 11.6. The summed E-state index contributed by atoms with van der Waals surface area (Å²) in [6.45, 7) is 11.6. The van der Waals surface area contributed by atoms with E-state index in [0.29, 0.717) is 24.6 Å². The van der Waals surface area contributed by atoms with Crippen LogP contribution in [0.4, 0.5) is 0 Å². The van der Waals surface area contributed by atoms with Crippen LogP contribution >= 0.6 is 0 Å². The Bertz CT molecular complexity index is 808. The third kappa shape index (κ3) is 6.21. The molecule has 2 rings (SSSR count). The molecule has 29 heavy (non-hydrogen) atoms. The minimum absolute atomic E-state index is 0.0105. The Morgan fingerprint density at radius 1 is 1.07 bits per heavy atom. The van der Waals surface area contributed by atoms with Gasteiger partial charge in [0.2, 0.25) is 5.91 Å². The Hall–Kier alpha value is -2.56. The van der Waals surface area contributed by atoms with Crippen molar-refractivity contribution in [3.8, 4) is 0 Å². The van der Waals surface area contributed by atoms with Gasteiger partial charge in [-0.3, -0.25) is 9.59 Å². The Morgan fingerprint density at radius 3 is 2.24 bits per heavy atom. The van der Waals surface area contributed by atoms with Crippen LogP contribution in [0.2, 0.25) is 0 Å². The van der Waals surface area contributed by atoms with Gasteiger partial charge in [0.15, 0.2) is 0 Å². The molecule has 1 atom stereocenters. The predicted molar refractivity (Wildman–Crippen MR) is 118 cm³/mol. The molecule has 1 unspecified atom stereocenters. The van der Waals surface area contributed by atoms with Crippen LogP contribution in [0.25, 0.3) is 0 Å². The molecule has 0 aliphatic carbocycles. The molecule has 1 aromatic carbocycles. The number of hydrogen-bond donors (Lipinski definition) is 0. The van der Waals surface area contributed by atoms with Crippen molar-refractivity contribution in [2.45, 2.75) is 53.6 Å². The van der Waals surface area contributed by atoms with Crippen molar-refractivity contribution in [3.05, 3.63) is 59.4 Å². The van der Waals surface area contributed by atoms with Crippen molar-refractivity contribution >= 4 is 11.8 Å². The lowest BCUT2D eigenvalue weighted by Gasteiger charge is -2.32. The van der Waals surface area contributed by atoms with Crippen LogP contribution in [0.3, 0.4) is 0 Å². The Kier molecular flexibility index (Phi) is 8.06. The zero-order chi connectivity index (χ0) is 21.6. The maximum atomic E-state index is 13.3. The average Bonchev–Trinajstić information content (AvgIpc) is 3.09. The van der Waals surface area contributed by atoms with Crippen molar-refractivity contribution in [2.75, 3.05) is 13.1 Å². The maximum absolute atomic E-state index is 13.3. The Balaban J connectivity index is 2.22. The summed E-state index contributed by atoms with van der Waals surface area (Å²) in [4.78, 5) is 30.0. The van der Waals surface area contributed by atoms with E-state index in [4.69, 9.17) is 0 Å². The first kappa shape index (κ1) is 22.7. The summed E-state index contributed by atoms with van der Waals surface area (Å²) in [7, 11) is 1.99. The van der Waals surface area contributed by atoms with Crippen LogP contribution in [0.15, 0.2) is 42.6 Å². The average molecular weight is 398 g/mol. The van der Waals surface area contributed by atoms with E-state index in [9.17, 15) is 9.59 Å². The number of carbonyl (C=O) groups excluding carboxylic acids is 2. The van der Waals surface area contributed by atoms with E-state index in [1.54, 1.807) is 4.90 Å². The molecule has 1 heterocycles. The number of aryl methyl sites for hydroxylation is 2. The fourth-order valence-corrected chi connectivity index (χ4v) is 3.31. The summed E-state index contributed by atoms with van der Waals surface area (Å²) in [5, 5.41) is 0. The molecule has 0 aliphatic heterocycles. The molecule has 5 heteroatoms. The van der Waals surface area contributed by atoms with Gasteiger partial charge in [-0.1, -0.05) is 38.5 Å². The van der Waals surface area contributed by atoms with Crippen LogP contribution in [0.5, 0.6) is 0 Å². The van der Waals surface area contributed by atoms with Gasteiger partial charge < -0.3 is 14.4 Å². The van der Waals surface area contributed by atoms with Crippen LogP contribution in [-0.4, -0.2) is 45.3 Å². The highest BCUT2D eigenvalue weighted by Crippen LogP contribution is 2.15. The molecule has 0 aliphatic rings. The molecule has 5 nitrogen and oxygen atoms in total. The quantitative estimate of drug-likeness (QED) is 0.635. The van der Waals surface area contributed by atoms with Gasteiger partial charge in [-0.2, -0.15) is 0 Å². The fourth-order valence-electron chi connectivity index (χ4n) is 3.31. The molecule has 158 valence electrons. The first-order valence-corrected chi connectivity index (χ1v) is 10.5. The van der Waals surface area contributed by atoms with E-state index < -0.39 is 0 Å². The van der Waals surface area contributed by atoms with Gasteiger partial charge in [-0.05, 0) is 50.5 Å². The molecular formula is C24H35N3O2. The van der Waals surface area contributed by atoms with Crippen LogP contribution in [0, 0.1) is 12.8 Å². The highest BCUT2D eigenvalue weighted by molar-refractivity contribution is 5.96. The standard InChI is InChI=1S/C24H35N3O2/c1-7-20(5)27(24(29)21-12-10-19(4)11-13-21)17-23(28)26(15-18(2)3)16-22-9-8-14-25(22)6/h8-14,18,20H,7,15-17H2,1-6H3. The van der Waals surface area contributed by atoms with Crippen LogP contribution in [0.1, 0.15) is 55.7 Å². The maximum Gasteiger partial charge on any atom is 0.254 e. The van der Waals surface area contributed by atoms with Crippen molar-refractivity contribution in [1.29, 1.82) is 0 Å². The number of rotatable bonds is 9. The lowest BCUT2D eigenvalue weighted by atomic mass is 10.1. The van der Waals surface area contributed by atoms with Gasteiger partial charge in [-0.15, -0.1) is 0 Å². The molecule has 0 bridgehead atoms. The van der Waals surface area contributed by atoms with Gasteiger partial charge >= 0.3 is 0 Å². The number of aromatic nitrogens is 1. The fraction of sp³-hybridized carbons (Fsp3) is 0.500. The van der Waals surface area contributed by atoms with Crippen molar-refractivity contribution in [3.63, 3.8) is 0 Å². The van der Waals surface area contributed by atoms with Crippen molar-refractivity contribution in [2.24, 2.45) is 13.0 Å². The van der Waals surface area contributed by atoms with E-state index in [2.05, 4.69) is 13.8 Å². The lowest BCUT2D eigenvalue weighted by Crippen LogP contribution is -2.47. The Morgan fingerprint density at radius 2 is 1.72 bits per heavy atom. The van der Waals surface area contributed by atoms with Gasteiger partial charge in [0.05, 0.1) is 6.54 Å². The normalized spacial score (nSPS) is 12.1. The van der Waals surface area contributed by atoms with Crippen LogP contribution < -0.4 is 0 Å². The highest BCUT2D eigenvalue weighted by Gasteiger charge is 2.26.